The van der Waals surface area contributed by atoms with Crippen molar-refractivity contribution in [3.05, 3.63) is 53.6 Å². The molecule has 0 aliphatic rings. The Morgan fingerprint density at radius 1 is 1.31 bits per heavy atom. The maximum absolute atomic E-state index is 6.61. The lowest BCUT2D eigenvalue weighted by Crippen LogP contribution is -1.66. The van der Waals surface area contributed by atoms with Crippen LogP contribution in [-0.2, 0) is 0 Å². The first-order valence-electron chi connectivity index (χ1n) is 4.01. The van der Waals surface area contributed by atoms with Crippen LogP contribution in [0.1, 0.15) is 5.69 Å². The summed E-state index contributed by atoms with van der Waals surface area (Å²) in [6, 6.07) is 10.1. The molecule has 0 aliphatic carbocycles. The van der Waals surface area contributed by atoms with Gasteiger partial charge >= 0.3 is 0 Å². The van der Waals surface area contributed by atoms with Crippen LogP contribution in [-0.4, -0.2) is 4.98 Å². The van der Waals surface area contributed by atoms with Crippen molar-refractivity contribution in [2.24, 2.45) is 0 Å². The lowest BCUT2D eigenvalue weighted by molar-refractivity contribution is 1.43. The number of H-pyrrole nitrogens is 1. The molecule has 0 amide bonds. The maximum Gasteiger partial charge on any atom is 0.156 e. The maximum atomic E-state index is 6.61. The molecule has 0 radical (unpaired) electrons. The van der Waals surface area contributed by atoms with Crippen LogP contribution >= 0.6 is 0 Å². The van der Waals surface area contributed by atoms with E-state index in [-0.39, 0.29) is 0 Å². The summed E-state index contributed by atoms with van der Waals surface area (Å²) in [5.41, 5.74) is 2.07. The van der Waals surface area contributed by atoms with Gasteiger partial charge in [0.05, 0.1) is 6.57 Å². The quantitative estimate of drug-likeness (QED) is 0.631. The molecular formula is C11H8N2. The van der Waals surface area contributed by atoms with Gasteiger partial charge in [-0.25, -0.2) is 4.85 Å². The van der Waals surface area contributed by atoms with Crippen molar-refractivity contribution in [3.63, 3.8) is 0 Å². The Labute approximate surface area is 76.3 Å². The third-order valence-electron chi connectivity index (χ3n) is 1.88. The van der Waals surface area contributed by atoms with Crippen LogP contribution in [0, 0.1) is 6.57 Å². The van der Waals surface area contributed by atoms with Crippen molar-refractivity contribution in [2.75, 3.05) is 0 Å². The summed E-state index contributed by atoms with van der Waals surface area (Å²) in [7, 11) is 0. The number of hydrogen-bond donors (Lipinski definition) is 1. The molecule has 2 heteroatoms. The molecule has 0 saturated heterocycles. The molecule has 62 valence electrons. The van der Waals surface area contributed by atoms with Gasteiger partial charge in [0.25, 0.3) is 0 Å². The van der Waals surface area contributed by atoms with Gasteiger partial charge in [-0.1, -0.05) is 18.2 Å². The third-order valence-corrected chi connectivity index (χ3v) is 1.88. The molecule has 1 heterocycles. The predicted octanol–water partition coefficient (Wildman–Crippen LogP) is 3.06. The van der Waals surface area contributed by atoms with Crippen molar-refractivity contribution < 1.29 is 0 Å². The molecule has 0 aliphatic heterocycles. The summed E-state index contributed by atoms with van der Waals surface area (Å²) in [5.74, 6) is 0. The number of fused-ring (bicyclic) bond motifs is 1. The summed E-state index contributed by atoms with van der Waals surface area (Å²) in [5, 5.41) is 1.17. The Kier molecular flexibility index (Phi) is 1.85. The lowest BCUT2D eigenvalue weighted by atomic mass is 10.2. The normalized spacial score (nSPS) is 10.7. The zero-order chi connectivity index (χ0) is 9.10. The van der Waals surface area contributed by atoms with Gasteiger partial charge in [-0.3, -0.25) is 0 Å². The Morgan fingerprint density at radius 2 is 2.15 bits per heavy atom. The van der Waals surface area contributed by atoms with E-state index < -0.39 is 0 Å². The highest BCUT2D eigenvalue weighted by Gasteiger charge is 1.94. The van der Waals surface area contributed by atoms with Gasteiger partial charge in [0.2, 0.25) is 0 Å². The Hall–Kier alpha value is -2.01. The van der Waals surface area contributed by atoms with Crippen LogP contribution in [0.15, 0.2) is 36.5 Å². The number of aromatic amines is 1. The van der Waals surface area contributed by atoms with Crippen molar-refractivity contribution >= 4 is 17.0 Å². The largest absolute Gasteiger partial charge is 0.356 e. The van der Waals surface area contributed by atoms with Crippen molar-refractivity contribution in [3.8, 4) is 0 Å². The van der Waals surface area contributed by atoms with Crippen molar-refractivity contribution in [1.82, 2.24) is 4.98 Å². The number of aromatic nitrogens is 1. The van der Waals surface area contributed by atoms with Gasteiger partial charge < -0.3 is 4.98 Å². The molecule has 0 atom stereocenters. The summed E-state index contributed by atoms with van der Waals surface area (Å²) >= 11 is 0. The van der Waals surface area contributed by atoms with E-state index in [9.17, 15) is 0 Å². The van der Waals surface area contributed by atoms with E-state index in [0.717, 1.165) is 11.2 Å². The van der Waals surface area contributed by atoms with Crippen LogP contribution < -0.4 is 0 Å². The summed E-state index contributed by atoms with van der Waals surface area (Å²) < 4.78 is 0. The summed E-state index contributed by atoms with van der Waals surface area (Å²) in [6.07, 6.45) is 3.22. The van der Waals surface area contributed by atoms with E-state index in [1.54, 1.807) is 6.08 Å². The number of benzene rings is 1. The van der Waals surface area contributed by atoms with Crippen LogP contribution in [0.2, 0.25) is 0 Å². The standard InChI is InChI=1S/C11H8N2/c1-12-7-6-10-8-9-4-2-3-5-11(9)13-10/h2-8,13H/b7-6-. The number of hydrogen-bond acceptors (Lipinski definition) is 0. The van der Waals surface area contributed by atoms with Crippen LogP contribution in [0.25, 0.3) is 21.8 Å². The van der Waals surface area contributed by atoms with E-state index in [2.05, 4.69) is 9.83 Å². The first-order valence-corrected chi connectivity index (χ1v) is 4.01. The second-order valence-corrected chi connectivity index (χ2v) is 2.76. The number of rotatable bonds is 1. The minimum absolute atomic E-state index is 0.970. The van der Waals surface area contributed by atoms with Gasteiger partial charge in [0, 0.05) is 11.2 Å². The minimum atomic E-state index is 0.970. The molecule has 2 aromatic rings. The Morgan fingerprint density at radius 3 is 2.92 bits per heavy atom. The molecule has 1 N–H and O–H groups in total. The highest BCUT2D eigenvalue weighted by atomic mass is 14.7. The molecule has 0 saturated carbocycles. The number of para-hydroxylation sites is 1. The molecule has 2 rings (SSSR count). The van der Waals surface area contributed by atoms with Crippen LogP contribution in [0.5, 0.6) is 0 Å². The molecule has 0 spiro atoms. The van der Waals surface area contributed by atoms with Gasteiger partial charge in [0.15, 0.2) is 6.20 Å². The average Bonchev–Trinajstić information content (AvgIpc) is 2.57. The van der Waals surface area contributed by atoms with E-state index in [0.29, 0.717) is 0 Å². The van der Waals surface area contributed by atoms with Crippen LogP contribution in [0.3, 0.4) is 0 Å². The zero-order valence-electron chi connectivity index (χ0n) is 6.99. The fraction of sp³-hybridized carbons (Fsp3) is 0. The van der Waals surface area contributed by atoms with Gasteiger partial charge in [-0.2, -0.15) is 0 Å². The summed E-state index contributed by atoms with van der Waals surface area (Å²) in [6.45, 7) is 6.61. The molecule has 1 aromatic carbocycles. The van der Waals surface area contributed by atoms with Gasteiger partial charge in [-0.15, -0.1) is 0 Å². The highest BCUT2D eigenvalue weighted by Crippen LogP contribution is 2.15. The van der Waals surface area contributed by atoms with E-state index in [1.165, 1.54) is 11.6 Å². The smallest absolute Gasteiger partial charge is 0.156 e. The highest BCUT2D eigenvalue weighted by molar-refractivity contribution is 5.82. The fourth-order valence-corrected chi connectivity index (χ4v) is 1.30. The SMILES string of the molecule is [C-]#[N+]/C=C\c1cc2ccccc2[nH]1. The van der Waals surface area contributed by atoms with E-state index in [4.69, 9.17) is 6.57 Å². The predicted molar refractivity (Wildman–Crippen MR) is 53.9 cm³/mol. The molecule has 0 bridgehead atoms. The van der Waals surface area contributed by atoms with Gasteiger partial charge in [-0.05, 0) is 23.6 Å². The first kappa shape index (κ1) is 7.63. The zero-order valence-corrected chi connectivity index (χ0v) is 6.99. The monoisotopic (exact) mass is 168 g/mol. The first-order chi connectivity index (χ1) is 6.40. The second-order valence-electron chi connectivity index (χ2n) is 2.76. The fourth-order valence-electron chi connectivity index (χ4n) is 1.30. The Balaban J connectivity index is 2.51. The number of nitrogens with zero attached hydrogens (tertiary/aromatic N) is 1. The van der Waals surface area contributed by atoms with Crippen molar-refractivity contribution in [1.29, 1.82) is 0 Å². The Bertz CT molecular complexity index is 453. The molecule has 2 nitrogen and oxygen atoms in total. The molecular weight excluding hydrogens is 160 g/mol. The van der Waals surface area contributed by atoms with Gasteiger partial charge in [0.1, 0.15) is 0 Å². The topological polar surface area (TPSA) is 20.1 Å². The van der Waals surface area contributed by atoms with E-state index in [1.807, 2.05) is 30.3 Å². The lowest BCUT2D eigenvalue weighted by Gasteiger charge is -1.84. The third kappa shape index (κ3) is 1.45. The van der Waals surface area contributed by atoms with E-state index >= 15 is 0 Å². The van der Waals surface area contributed by atoms with Crippen molar-refractivity contribution in [2.45, 2.75) is 0 Å². The molecule has 1 aromatic heterocycles. The minimum Gasteiger partial charge on any atom is -0.356 e. The molecule has 13 heavy (non-hydrogen) atoms. The number of nitrogens with one attached hydrogen (secondary N) is 1. The van der Waals surface area contributed by atoms with Crippen LogP contribution in [0.4, 0.5) is 0 Å². The molecule has 0 unspecified atom stereocenters. The second kappa shape index (κ2) is 3.16. The summed E-state index contributed by atoms with van der Waals surface area (Å²) in [4.78, 5) is 6.35. The average molecular weight is 168 g/mol. The molecule has 0 fully saturated rings.